The second kappa shape index (κ2) is 9.83. The predicted octanol–water partition coefficient (Wildman–Crippen LogP) is 1.10. The Labute approximate surface area is 150 Å². The number of hydrogen-bond acceptors (Lipinski definition) is 5. The molecule has 0 atom stereocenters. The van der Waals surface area contributed by atoms with Gasteiger partial charge in [0, 0.05) is 31.7 Å². The second-order valence-corrected chi connectivity index (χ2v) is 7.15. The molecule has 0 saturated carbocycles. The van der Waals surface area contributed by atoms with Crippen molar-refractivity contribution in [1.82, 2.24) is 14.9 Å². The van der Waals surface area contributed by atoms with Crippen molar-refractivity contribution in [2.75, 3.05) is 34.3 Å². The summed E-state index contributed by atoms with van der Waals surface area (Å²) in [6.45, 7) is 4.63. The zero-order valence-corrected chi connectivity index (χ0v) is 16.3. The smallest absolute Gasteiger partial charge is 0.253 e. The van der Waals surface area contributed by atoms with Crippen LogP contribution in [0.4, 0.5) is 0 Å². The number of benzene rings is 1. The van der Waals surface area contributed by atoms with Crippen LogP contribution in [0.15, 0.2) is 23.1 Å². The molecule has 7 nitrogen and oxygen atoms in total. The van der Waals surface area contributed by atoms with Gasteiger partial charge in [-0.25, -0.2) is 13.1 Å². The van der Waals surface area contributed by atoms with E-state index in [2.05, 4.69) is 10.0 Å². The number of carbonyl (C=O) groups excluding carboxylic acids is 1. The molecule has 1 amide bonds. The van der Waals surface area contributed by atoms with Gasteiger partial charge in [0.05, 0.1) is 7.11 Å². The average molecular weight is 380 g/mol. The monoisotopic (exact) mass is 379 g/mol. The molecule has 0 aromatic heterocycles. The molecule has 0 saturated heterocycles. The molecule has 0 aliphatic heterocycles. The lowest BCUT2D eigenvalue weighted by Gasteiger charge is -2.18. The van der Waals surface area contributed by atoms with Crippen molar-refractivity contribution in [2.45, 2.75) is 24.8 Å². The van der Waals surface area contributed by atoms with Crippen LogP contribution in [0.25, 0.3) is 0 Å². The Balaban J connectivity index is 0.00000529. The van der Waals surface area contributed by atoms with E-state index in [9.17, 15) is 13.2 Å². The third-order valence-corrected chi connectivity index (χ3v) is 4.81. The molecule has 0 bridgehead atoms. The van der Waals surface area contributed by atoms with Gasteiger partial charge < -0.3 is 15.0 Å². The molecule has 0 spiro atoms. The number of nitrogens with zero attached hydrogens (tertiary/aromatic N) is 1. The Morgan fingerprint density at radius 3 is 2.46 bits per heavy atom. The molecule has 0 radical (unpaired) electrons. The van der Waals surface area contributed by atoms with Crippen LogP contribution in [0.1, 0.15) is 24.2 Å². The molecule has 0 aliphatic rings. The molecule has 1 rings (SSSR count). The first kappa shape index (κ1) is 22.6. The predicted molar refractivity (Wildman–Crippen MR) is 96.6 cm³/mol. The Kier molecular flexibility index (Phi) is 9.27. The number of sulfonamides is 1. The summed E-state index contributed by atoms with van der Waals surface area (Å²) in [4.78, 5) is 13.9. The number of carbonyl (C=O) groups is 1. The average Bonchev–Trinajstić information content (AvgIpc) is 2.49. The molecule has 0 heterocycles. The second-order valence-electron chi connectivity index (χ2n) is 5.47. The van der Waals surface area contributed by atoms with Gasteiger partial charge in [0.1, 0.15) is 10.6 Å². The van der Waals surface area contributed by atoms with Crippen LogP contribution < -0.4 is 14.8 Å². The molecule has 9 heteroatoms. The molecule has 0 aliphatic carbocycles. The molecule has 1 aromatic rings. The number of amides is 1. The number of ether oxygens (including phenoxy) is 1. The number of rotatable bonds is 8. The standard InChI is InChI=1S/C15H25N3O4S.ClH/c1-11(2)17-23(20,21)14-10-12(6-7-13(14)22-5)15(19)18(4)9-8-16-3;/h6-7,10-11,16-17H,8-9H2,1-5H3;1H. The van der Waals surface area contributed by atoms with E-state index < -0.39 is 10.0 Å². The largest absolute Gasteiger partial charge is 0.495 e. The first-order valence-electron chi connectivity index (χ1n) is 7.33. The maximum atomic E-state index is 12.4. The quantitative estimate of drug-likeness (QED) is 0.706. The highest BCUT2D eigenvalue weighted by Gasteiger charge is 2.23. The van der Waals surface area contributed by atoms with Gasteiger partial charge in [-0.1, -0.05) is 0 Å². The zero-order valence-electron chi connectivity index (χ0n) is 14.6. The van der Waals surface area contributed by atoms with E-state index in [1.165, 1.54) is 24.1 Å². The summed E-state index contributed by atoms with van der Waals surface area (Å²) in [6, 6.07) is 4.14. The highest BCUT2D eigenvalue weighted by molar-refractivity contribution is 7.89. The van der Waals surface area contributed by atoms with E-state index in [1.807, 2.05) is 0 Å². The fraction of sp³-hybridized carbons (Fsp3) is 0.533. The van der Waals surface area contributed by atoms with Crippen molar-refractivity contribution in [3.63, 3.8) is 0 Å². The van der Waals surface area contributed by atoms with Crippen LogP contribution in [0.5, 0.6) is 5.75 Å². The summed E-state index contributed by atoms with van der Waals surface area (Å²) < 4.78 is 32.4. The van der Waals surface area contributed by atoms with E-state index in [0.717, 1.165) is 0 Å². The molecule has 138 valence electrons. The highest BCUT2D eigenvalue weighted by Crippen LogP contribution is 2.25. The van der Waals surface area contributed by atoms with Crippen molar-refractivity contribution in [2.24, 2.45) is 0 Å². The number of methoxy groups -OCH3 is 1. The Bertz CT molecular complexity index is 650. The molecular weight excluding hydrogens is 354 g/mol. The van der Waals surface area contributed by atoms with Crippen LogP contribution in [-0.2, 0) is 10.0 Å². The van der Waals surface area contributed by atoms with Gasteiger partial charge in [-0.2, -0.15) is 0 Å². The lowest BCUT2D eigenvalue weighted by Crippen LogP contribution is -2.33. The zero-order chi connectivity index (χ0) is 17.6. The maximum absolute atomic E-state index is 12.4. The first-order valence-corrected chi connectivity index (χ1v) is 8.81. The third-order valence-electron chi connectivity index (χ3n) is 3.13. The van der Waals surface area contributed by atoms with Gasteiger partial charge >= 0.3 is 0 Å². The fourth-order valence-corrected chi connectivity index (χ4v) is 3.44. The van der Waals surface area contributed by atoms with Crippen LogP contribution in [0, 0.1) is 0 Å². The summed E-state index contributed by atoms with van der Waals surface area (Å²) in [7, 11) is 1.10. The minimum Gasteiger partial charge on any atom is -0.495 e. The van der Waals surface area contributed by atoms with E-state index >= 15 is 0 Å². The topological polar surface area (TPSA) is 87.7 Å². The summed E-state index contributed by atoms with van der Waals surface area (Å²) in [6.07, 6.45) is 0. The van der Waals surface area contributed by atoms with Crippen LogP contribution in [0.3, 0.4) is 0 Å². The molecule has 24 heavy (non-hydrogen) atoms. The lowest BCUT2D eigenvalue weighted by atomic mass is 10.2. The maximum Gasteiger partial charge on any atom is 0.253 e. The third kappa shape index (κ3) is 5.94. The normalized spacial score (nSPS) is 11.1. The van der Waals surface area contributed by atoms with Crippen LogP contribution >= 0.6 is 12.4 Å². The molecule has 1 aromatic carbocycles. The SMILES string of the molecule is CNCCN(C)C(=O)c1ccc(OC)c(S(=O)(=O)NC(C)C)c1.Cl. The van der Waals surface area contributed by atoms with E-state index in [1.54, 1.807) is 34.0 Å². The van der Waals surface area contributed by atoms with Crippen molar-refractivity contribution < 1.29 is 17.9 Å². The Morgan fingerprint density at radius 1 is 1.33 bits per heavy atom. The summed E-state index contributed by atoms with van der Waals surface area (Å²) >= 11 is 0. The minimum absolute atomic E-state index is 0. The van der Waals surface area contributed by atoms with Crippen LogP contribution in [0.2, 0.25) is 0 Å². The minimum atomic E-state index is -3.76. The van der Waals surface area contributed by atoms with E-state index in [-0.39, 0.29) is 35.0 Å². The number of hydrogen-bond donors (Lipinski definition) is 2. The Morgan fingerprint density at radius 2 is 1.96 bits per heavy atom. The van der Waals surface area contributed by atoms with Gasteiger partial charge in [0.25, 0.3) is 5.91 Å². The first-order chi connectivity index (χ1) is 10.7. The fourth-order valence-electron chi connectivity index (χ4n) is 1.99. The summed E-state index contributed by atoms with van der Waals surface area (Å²) in [5.41, 5.74) is 0.300. The van der Waals surface area contributed by atoms with Gasteiger partial charge in [0.2, 0.25) is 10.0 Å². The number of likely N-dealkylation sites (N-methyl/N-ethyl adjacent to an activating group) is 2. The van der Waals surface area contributed by atoms with Crippen molar-refractivity contribution in [3.05, 3.63) is 23.8 Å². The van der Waals surface area contributed by atoms with Crippen molar-refractivity contribution >= 4 is 28.3 Å². The van der Waals surface area contributed by atoms with Crippen LogP contribution in [-0.4, -0.2) is 59.6 Å². The van der Waals surface area contributed by atoms with Crippen molar-refractivity contribution in [3.8, 4) is 5.75 Å². The number of nitrogens with one attached hydrogen (secondary N) is 2. The Hall–Kier alpha value is -1.35. The van der Waals surface area contributed by atoms with Gasteiger partial charge in [-0.15, -0.1) is 12.4 Å². The number of halogens is 1. The summed E-state index contributed by atoms with van der Waals surface area (Å²) in [5.74, 6) is -0.0449. The van der Waals surface area contributed by atoms with Crippen molar-refractivity contribution in [1.29, 1.82) is 0 Å². The van der Waals surface area contributed by atoms with Gasteiger partial charge in [-0.3, -0.25) is 4.79 Å². The van der Waals surface area contributed by atoms with Gasteiger partial charge in [-0.05, 0) is 39.1 Å². The lowest BCUT2D eigenvalue weighted by molar-refractivity contribution is 0.0796. The highest BCUT2D eigenvalue weighted by atomic mass is 35.5. The molecule has 2 N–H and O–H groups in total. The van der Waals surface area contributed by atoms with E-state index in [4.69, 9.17) is 4.74 Å². The van der Waals surface area contributed by atoms with Gasteiger partial charge in [0.15, 0.2) is 0 Å². The van der Waals surface area contributed by atoms with E-state index in [0.29, 0.717) is 18.7 Å². The summed E-state index contributed by atoms with van der Waals surface area (Å²) in [5, 5.41) is 2.96. The molecule has 0 fully saturated rings. The molecular formula is C15H26ClN3O4S. The molecule has 0 unspecified atom stereocenters.